The number of hydrogen-bond donors (Lipinski definition) is 4. The van der Waals surface area contributed by atoms with Crippen molar-refractivity contribution in [2.45, 2.75) is 110 Å². The number of aliphatic carboxylic acids is 1. The van der Waals surface area contributed by atoms with Crippen LogP contribution in [0.5, 0.6) is 0 Å². The van der Waals surface area contributed by atoms with E-state index in [9.17, 15) is 20.1 Å². The molecule has 0 aromatic carbocycles. The van der Waals surface area contributed by atoms with E-state index in [1.165, 1.54) is 0 Å². The van der Waals surface area contributed by atoms with Crippen LogP contribution < -0.4 is 0 Å². The molecular formula is C26H44O5. The van der Waals surface area contributed by atoms with Gasteiger partial charge >= 0.3 is 5.97 Å². The van der Waals surface area contributed by atoms with Crippen molar-refractivity contribution in [1.82, 2.24) is 0 Å². The van der Waals surface area contributed by atoms with E-state index >= 15 is 0 Å². The summed E-state index contributed by atoms with van der Waals surface area (Å²) in [6.45, 7) is 9.09. The van der Waals surface area contributed by atoms with Crippen LogP contribution in [0.1, 0.15) is 91.9 Å². The van der Waals surface area contributed by atoms with E-state index in [-0.39, 0.29) is 46.7 Å². The van der Waals surface area contributed by atoms with E-state index in [1.54, 1.807) is 0 Å². The Morgan fingerprint density at radius 3 is 2.32 bits per heavy atom. The van der Waals surface area contributed by atoms with E-state index < -0.39 is 12.1 Å². The summed E-state index contributed by atoms with van der Waals surface area (Å²) >= 11 is 0. The summed E-state index contributed by atoms with van der Waals surface area (Å²) in [7, 11) is 0. The van der Waals surface area contributed by atoms with Gasteiger partial charge < -0.3 is 20.4 Å². The molecular weight excluding hydrogens is 392 g/mol. The maximum Gasteiger partial charge on any atom is 0.303 e. The molecule has 0 amide bonds. The average molecular weight is 437 g/mol. The minimum Gasteiger partial charge on any atom is -0.481 e. The van der Waals surface area contributed by atoms with Crippen molar-refractivity contribution in [1.29, 1.82) is 0 Å². The Kier molecular flexibility index (Phi) is 6.06. The number of fused-ring (bicyclic) bond motifs is 5. The minimum absolute atomic E-state index is 0.0706. The molecule has 0 spiro atoms. The predicted molar refractivity (Wildman–Crippen MR) is 119 cm³/mol. The highest BCUT2D eigenvalue weighted by Gasteiger charge is 2.68. The van der Waals surface area contributed by atoms with Crippen LogP contribution in [0.25, 0.3) is 0 Å². The predicted octanol–water partition coefficient (Wildman–Crippen LogP) is 4.23. The highest BCUT2D eigenvalue weighted by atomic mass is 16.4. The summed E-state index contributed by atoms with van der Waals surface area (Å²) in [5.74, 6) is 0.916. The summed E-state index contributed by atoms with van der Waals surface area (Å²) in [6.07, 6.45) is 6.95. The van der Waals surface area contributed by atoms with Gasteiger partial charge in [-0.05, 0) is 98.2 Å². The highest BCUT2D eigenvalue weighted by molar-refractivity contribution is 5.66. The Morgan fingerprint density at radius 1 is 0.935 bits per heavy atom. The van der Waals surface area contributed by atoms with Gasteiger partial charge in [-0.15, -0.1) is 0 Å². The van der Waals surface area contributed by atoms with Crippen molar-refractivity contribution >= 4 is 5.97 Å². The summed E-state index contributed by atoms with van der Waals surface area (Å²) in [5.41, 5.74) is -0.373. The second-order valence-electron chi connectivity index (χ2n) is 12.6. The van der Waals surface area contributed by atoms with Crippen molar-refractivity contribution in [2.75, 3.05) is 0 Å². The smallest absolute Gasteiger partial charge is 0.303 e. The monoisotopic (exact) mass is 436 g/mol. The van der Waals surface area contributed by atoms with Gasteiger partial charge in [0.15, 0.2) is 0 Å². The Labute approximate surface area is 187 Å². The zero-order chi connectivity index (χ0) is 22.8. The largest absolute Gasteiger partial charge is 0.481 e. The van der Waals surface area contributed by atoms with E-state index in [0.717, 1.165) is 51.4 Å². The van der Waals surface area contributed by atoms with E-state index in [2.05, 4.69) is 27.7 Å². The third-order valence-electron chi connectivity index (χ3n) is 11.2. The van der Waals surface area contributed by atoms with Gasteiger partial charge in [0.1, 0.15) is 0 Å². The molecule has 5 nitrogen and oxygen atoms in total. The van der Waals surface area contributed by atoms with Gasteiger partial charge in [-0.1, -0.05) is 27.7 Å². The fraction of sp³-hybridized carbons (Fsp3) is 0.962. The summed E-state index contributed by atoms with van der Waals surface area (Å²) in [5, 5.41) is 42.5. The average Bonchev–Trinajstić information content (AvgIpc) is 2.70. The molecule has 4 aliphatic carbocycles. The molecule has 31 heavy (non-hydrogen) atoms. The lowest BCUT2D eigenvalue weighted by molar-refractivity contribution is -0.263. The molecule has 0 saturated heterocycles. The minimum atomic E-state index is -0.731. The molecule has 4 saturated carbocycles. The maximum absolute atomic E-state index is 11.6. The Bertz CT molecular complexity index is 695. The number of carbonyl (C=O) groups is 1. The zero-order valence-electron chi connectivity index (χ0n) is 19.9. The van der Waals surface area contributed by atoms with Crippen molar-refractivity contribution in [3.05, 3.63) is 0 Å². The number of carboxylic acids is 1. The molecule has 11 atom stereocenters. The van der Waals surface area contributed by atoms with Gasteiger partial charge in [-0.2, -0.15) is 0 Å². The van der Waals surface area contributed by atoms with Crippen molar-refractivity contribution < 1.29 is 25.2 Å². The van der Waals surface area contributed by atoms with Gasteiger partial charge in [0.25, 0.3) is 0 Å². The number of carboxylic acid groups (broad SMARTS) is 1. The third-order valence-corrected chi connectivity index (χ3v) is 11.2. The Balaban J connectivity index is 1.61. The van der Waals surface area contributed by atoms with Crippen molar-refractivity contribution in [2.24, 2.45) is 45.8 Å². The van der Waals surface area contributed by atoms with Crippen molar-refractivity contribution in [3.8, 4) is 0 Å². The molecule has 1 unspecified atom stereocenters. The fourth-order valence-electron chi connectivity index (χ4n) is 9.16. The second-order valence-corrected chi connectivity index (χ2v) is 12.6. The van der Waals surface area contributed by atoms with Gasteiger partial charge in [0.05, 0.1) is 18.3 Å². The highest BCUT2D eigenvalue weighted by Crippen LogP contribution is 2.71. The second kappa shape index (κ2) is 7.99. The van der Waals surface area contributed by atoms with Gasteiger partial charge in [0, 0.05) is 11.8 Å². The molecule has 0 bridgehead atoms. The first-order chi connectivity index (χ1) is 14.4. The van der Waals surface area contributed by atoms with Crippen LogP contribution in [-0.4, -0.2) is 44.7 Å². The fourth-order valence-corrected chi connectivity index (χ4v) is 9.16. The molecule has 0 aromatic rings. The Hall–Kier alpha value is -0.650. The Morgan fingerprint density at radius 2 is 1.65 bits per heavy atom. The lowest BCUT2D eigenvalue weighted by Crippen LogP contribution is -2.68. The molecule has 4 fully saturated rings. The molecule has 4 N–H and O–H groups in total. The van der Waals surface area contributed by atoms with Gasteiger partial charge in [0.2, 0.25) is 0 Å². The zero-order valence-corrected chi connectivity index (χ0v) is 19.9. The van der Waals surface area contributed by atoms with Gasteiger partial charge in [-0.25, -0.2) is 0 Å². The standard InChI is InChI=1S/C26H44O5/c1-15(5-8-23(30)31)16-6-7-19-25(3,14-16)21(28)13-20-24(2)10-9-18(27)11-17(24)12-22(29)26(19,20)4/h15-22,27-29H,5-14H2,1-4H3,(H,30,31)/t15-,16+,17?,18-,19-,20-,21+,22-,24+,25-,26+/m1/s1. The lowest BCUT2D eigenvalue weighted by Gasteiger charge is -2.70. The first kappa shape index (κ1) is 23.5. The number of rotatable bonds is 4. The van der Waals surface area contributed by atoms with E-state index in [1.807, 2.05) is 0 Å². The maximum atomic E-state index is 11.6. The van der Waals surface area contributed by atoms with Crippen molar-refractivity contribution in [3.63, 3.8) is 0 Å². The molecule has 0 aliphatic heterocycles. The van der Waals surface area contributed by atoms with Crippen LogP contribution in [0.2, 0.25) is 0 Å². The SMILES string of the molecule is C[C@H](CCC(=O)O)[C@H]1CC[C@@H]2[C@@](C)(C1)[C@@H](O)C[C@H]1[C@@]2(C)[C@H](O)CC2C[C@H](O)CC[C@@]21C. The molecule has 0 heterocycles. The summed E-state index contributed by atoms with van der Waals surface area (Å²) in [6, 6.07) is 0. The van der Waals surface area contributed by atoms with E-state index in [4.69, 9.17) is 5.11 Å². The molecule has 5 heteroatoms. The number of aliphatic hydroxyl groups is 3. The van der Waals surface area contributed by atoms with Crippen LogP contribution in [0.4, 0.5) is 0 Å². The summed E-state index contributed by atoms with van der Waals surface area (Å²) < 4.78 is 0. The van der Waals surface area contributed by atoms with Crippen LogP contribution in [0, 0.1) is 45.8 Å². The first-order valence-electron chi connectivity index (χ1n) is 12.7. The molecule has 0 radical (unpaired) electrons. The molecule has 4 aliphatic rings. The van der Waals surface area contributed by atoms with Crippen LogP contribution in [0.3, 0.4) is 0 Å². The van der Waals surface area contributed by atoms with Crippen LogP contribution in [0.15, 0.2) is 0 Å². The molecule has 0 aromatic heterocycles. The molecule has 178 valence electrons. The van der Waals surface area contributed by atoms with Crippen LogP contribution in [-0.2, 0) is 4.79 Å². The van der Waals surface area contributed by atoms with Crippen LogP contribution >= 0.6 is 0 Å². The number of aliphatic hydroxyl groups excluding tert-OH is 3. The quantitative estimate of drug-likeness (QED) is 0.529. The summed E-state index contributed by atoms with van der Waals surface area (Å²) in [4.78, 5) is 11.0. The lowest BCUT2D eigenvalue weighted by atomic mass is 9.36. The van der Waals surface area contributed by atoms with E-state index in [0.29, 0.717) is 24.2 Å². The first-order valence-corrected chi connectivity index (χ1v) is 12.7. The van der Waals surface area contributed by atoms with Gasteiger partial charge in [-0.3, -0.25) is 4.79 Å². The number of hydrogen-bond acceptors (Lipinski definition) is 4. The molecule has 4 rings (SSSR count). The third kappa shape index (κ3) is 3.58. The topological polar surface area (TPSA) is 98.0 Å². The normalized spacial score (nSPS) is 53.1.